The number of rotatable bonds is 5. The first-order valence-corrected chi connectivity index (χ1v) is 8.92. The van der Waals surface area contributed by atoms with Crippen LogP contribution in [0.5, 0.6) is 0 Å². The number of nitrogens with zero attached hydrogens (tertiary/aromatic N) is 1. The maximum Gasteiger partial charge on any atom is 0.416 e. The van der Waals surface area contributed by atoms with E-state index in [9.17, 15) is 27.6 Å². The normalized spacial score (nSPS) is 11.6. The maximum atomic E-state index is 12.6. The molecular weight excluding hydrogens is 387 g/mol. The number of carbonyl (C=O) groups excluding carboxylic acids is 1. The summed E-state index contributed by atoms with van der Waals surface area (Å²) in [6.45, 7) is 2.29. The number of alkyl halides is 3. The molecule has 0 saturated carbocycles. The fraction of sp³-hybridized carbons (Fsp3) is 0.250. The predicted octanol–water partition coefficient (Wildman–Crippen LogP) is 2.70. The third-order valence-corrected chi connectivity index (χ3v) is 4.53. The summed E-state index contributed by atoms with van der Waals surface area (Å²) in [4.78, 5) is 38.4. The number of halogens is 3. The van der Waals surface area contributed by atoms with Crippen LogP contribution in [0.3, 0.4) is 0 Å². The molecule has 9 heteroatoms. The van der Waals surface area contributed by atoms with Crippen molar-refractivity contribution in [3.05, 3.63) is 79.9 Å². The zero-order chi connectivity index (χ0) is 21.2. The number of fused-ring (bicyclic) bond motifs is 1. The van der Waals surface area contributed by atoms with Crippen LogP contribution in [0, 0.1) is 0 Å². The molecule has 0 saturated heterocycles. The van der Waals surface area contributed by atoms with E-state index in [2.05, 4.69) is 10.3 Å². The molecule has 0 fully saturated rings. The highest BCUT2D eigenvalue weighted by Crippen LogP contribution is 2.29. The van der Waals surface area contributed by atoms with Gasteiger partial charge in [0.2, 0.25) is 0 Å². The van der Waals surface area contributed by atoms with Crippen molar-refractivity contribution in [1.82, 2.24) is 14.9 Å². The summed E-state index contributed by atoms with van der Waals surface area (Å²) in [7, 11) is 0. The second-order valence-corrected chi connectivity index (χ2v) is 6.44. The first kappa shape index (κ1) is 20.4. The van der Waals surface area contributed by atoms with Crippen LogP contribution in [0.2, 0.25) is 0 Å². The van der Waals surface area contributed by atoms with Gasteiger partial charge in [0.05, 0.1) is 16.6 Å². The molecule has 29 heavy (non-hydrogen) atoms. The summed E-state index contributed by atoms with van der Waals surface area (Å²) in [6, 6.07) is 9.37. The summed E-state index contributed by atoms with van der Waals surface area (Å²) in [6.07, 6.45) is -4.02. The number of aryl methyl sites for hydroxylation is 1. The first-order valence-electron chi connectivity index (χ1n) is 8.92. The van der Waals surface area contributed by atoms with E-state index < -0.39 is 28.8 Å². The van der Waals surface area contributed by atoms with Gasteiger partial charge in [-0.05, 0) is 49.2 Å². The van der Waals surface area contributed by atoms with Crippen molar-refractivity contribution in [1.29, 1.82) is 0 Å². The lowest BCUT2D eigenvalue weighted by atomic mass is 10.1. The monoisotopic (exact) mass is 405 g/mol. The fourth-order valence-electron chi connectivity index (χ4n) is 3.02. The lowest BCUT2D eigenvalue weighted by molar-refractivity contribution is -0.137. The smallest absolute Gasteiger partial charge is 0.352 e. The molecule has 6 nitrogen and oxygen atoms in total. The maximum absolute atomic E-state index is 12.6. The van der Waals surface area contributed by atoms with Gasteiger partial charge >= 0.3 is 17.3 Å². The Kier molecular flexibility index (Phi) is 5.58. The molecule has 152 valence electrons. The van der Waals surface area contributed by atoms with Crippen LogP contribution in [0.1, 0.15) is 28.4 Å². The minimum Gasteiger partial charge on any atom is -0.352 e. The van der Waals surface area contributed by atoms with Crippen LogP contribution >= 0.6 is 0 Å². The van der Waals surface area contributed by atoms with Gasteiger partial charge in [0.15, 0.2) is 0 Å². The van der Waals surface area contributed by atoms with Gasteiger partial charge in [-0.25, -0.2) is 0 Å². The molecular formula is C20H18F3N3O3. The van der Waals surface area contributed by atoms with Crippen molar-refractivity contribution >= 4 is 16.9 Å². The predicted molar refractivity (Wildman–Crippen MR) is 102 cm³/mol. The molecule has 2 aromatic carbocycles. The van der Waals surface area contributed by atoms with Gasteiger partial charge < -0.3 is 14.9 Å². The number of aromatic nitrogens is 2. The molecule has 1 amide bonds. The second kappa shape index (κ2) is 7.94. The number of carbonyl (C=O) groups is 1. The third-order valence-electron chi connectivity index (χ3n) is 4.53. The van der Waals surface area contributed by atoms with E-state index in [0.29, 0.717) is 35.1 Å². The lowest BCUT2D eigenvalue weighted by Crippen LogP contribution is -2.36. The average Bonchev–Trinajstić information content (AvgIpc) is 2.68. The summed E-state index contributed by atoms with van der Waals surface area (Å²) in [5, 5.41) is 2.69. The van der Waals surface area contributed by atoms with Crippen LogP contribution in [0.25, 0.3) is 11.0 Å². The highest BCUT2D eigenvalue weighted by molar-refractivity contribution is 5.97. The zero-order valence-electron chi connectivity index (χ0n) is 15.5. The molecule has 0 spiro atoms. The van der Waals surface area contributed by atoms with E-state index >= 15 is 0 Å². The molecule has 1 aromatic heterocycles. The fourth-order valence-corrected chi connectivity index (χ4v) is 3.02. The molecule has 2 N–H and O–H groups in total. The van der Waals surface area contributed by atoms with E-state index in [4.69, 9.17) is 0 Å². The van der Waals surface area contributed by atoms with Crippen LogP contribution in [0.4, 0.5) is 13.2 Å². The van der Waals surface area contributed by atoms with E-state index in [0.717, 1.165) is 12.1 Å². The topological polar surface area (TPSA) is 84.0 Å². The van der Waals surface area contributed by atoms with Gasteiger partial charge in [-0.3, -0.25) is 14.4 Å². The number of aromatic amines is 1. The van der Waals surface area contributed by atoms with Crippen molar-refractivity contribution in [2.45, 2.75) is 26.1 Å². The van der Waals surface area contributed by atoms with Gasteiger partial charge in [0, 0.05) is 18.7 Å². The van der Waals surface area contributed by atoms with Crippen LogP contribution in [-0.2, 0) is 19.1 Å². The molecule has 1 heterocycles. The SMILES string of the molecule is CCn1c(=O)c(=O)[nH]c2cc(C(=O)NCCc3ccc(C(F)(F)F)cc3)ccc21. The summed E-state index contributed by atoms with van der Waals surface area (Å²) < 4.78 is 39.0. The highest BCUT2D eigenvalue weighted by atomic mass is 19.4. The van der Waals surface area contributed by atoms with Crippen molar-refractivity contribution in [2.75, 3.05) is 6.54 Å². The van der Waals surface area contributed by atoms with Gasteiger partial charge in [0.25, 0.3) is 5.91 Å². The minimum absolute atomic E-state index is 0.229. The van der Waals surface area contributed by atoms with E-state index in [1.807, 2.05) is 0 Å². The molecule has 0 unspecified atom stereocenters. The first-order chi connectivity index (χ1) is 13.7. The summed E-state index contributed by atoms with van der Waals surface area (Å²) in [5.74, 6) is -0.395. The van der Waals surface area contributed by atoms with Gasteiger partial charge in [-0.1, -0.05) is 12.1 Å². The molecule has 3 rings (SSSR count). The largest absolute Gasteiger partial charge is 0.416 e. The Morgan fingerprint density at radius 2 is 1.79 bits per heavy atom. The van der Waals surface area contributed by atoms with E-state index in [1.54, 1.807) is 19.1 Å². The summed E-state index contributed by atoms with van der Waals surface area (Å²) in [5.41, 5.74) is -0.311. The van der Waals surface area contributed by atoms with Gasteiger partial charge in [-0.2, -0.15) is 13.2 Å². The Hall–Kier alpha value is -3.36. The van der Waals surface area contributed by atoms with Gasteiger partial charge in [-0.15, -0.1) is 0 Å². The van der Waals surface area contributed by atoms with Crippen molar-refractivity contribution in [2.24, 2.45) is 0 Å². The molecule has 0 aliphatic heterocycles. The Morgan fingerprint density at radius 1 is 1.10 bits per heavy atom. The standard InChI is InChI=1S/C20H18F3N3O3/c1-2-26-16-8-5-13(11-15(16)25-18(28)19(26)29)17(27)24-10-9-12-3-6-14(7-4-12)20(21,22)23/h3-8,11H,2,9-10H2,1H3,(H,24,27)(H,25,28). The van der Waals surface area contributed by atoms with Crippen molar-refractivity contribution in [3.63, 3.8) is 0 Å². The number of H-pyrrole nitrogens is 1. The minimum atomic E-state index is -4.38. The summed E-state index contributed by atoms with van der Waals surface area (Å²) >= 11 is 0. The number of hydrogen-bond donors (Lipinski definition) is 2. The highest BCUT2D eigenvalue weighted by Gasteiger charge is 2.29. The number of nitrogens with one attached hydrogen (secondary N) is 2. The van der Waals surface area contributed by atoms with Gasteiger partial charge in [0.1, 0.15) is 0 Å². The zero-order valence-corrected chi connectivity index (χ0v) is 15.5. The quantitative estimate of drug-likeness (QED) is 0.641. The Morgan fingerprint density at radius 3 is 2.41 bits per heavy atom. The Labute approximate surface area is 163 Å². The molecule has 0 atom stereocenters. The van der Waals surface area contributed by atoms with Crippen LogP contribution in [-0.4, -0.2) is 22.0 Å². The number of hydrogen-bond acceptors (Lipinski definition) is 3. The van der Waals surface area contributed by atoms with Crippen molar-refractivity contribution < 1.29 is 18.0 Å². The average molecular weight is 405 g/mol. The van der Waals surface area contributed by atoms with Crippen LogP contribution < -0.4 is 16.4 Å². The van der Waals surface area contributed by atoms with E-state index in [1.165, 1.54) is 22.8 Å². The molecule has 0 aliphatic carbocycles. The van der Waals surface area contributed by atoms with Crippen molar-refractivity contribution in [3.8, 4) is 0 Å². The lowest BCUT2D eigenvalue weighted by Gasteiger charge is -2.10. The van der Waals surface area contributed by atoms with Crippen LogP contribution in [0.15, 0.2) is 52.1 Å². The Balaban J connectivity index is 1.69. The molecule has 0 aliphatic rings. The molecule has 0 radical (unpaired) electrons. The number of amides is 1. The third kappa shape index (κ3) is 4.39. The molecule has 0 bridgehead atoms. The number of benzene rings is 2. The second-order valence-electron chi connectivity index (χ2n) is 6.44. The Bertz CT molecular complexity index is 1160. The molecule has 3 aromatic rings. The van der Waals surface area contributed by atoms with E-state index in [-0.39, 0.29) is 6.54 Å².